The fraction of sp³-hybridized carbons (Fsp3) is 0.143. The van der Waals surface area contributed by atoms with E-state index >= 15 is 0 Å². The molecule has 1 aromatic rings. The normalized spacial score (nSPS) is 10.8. The minimum atomic E-state index is -2.88. The van der Waals surface area contributed by atoms with Crippen LogP contribution in [0.4, 0.5) is 13.2 Å². The molecule has 0 spiro atoms. The maximum absolute atomic E-state index is 12.5. The second kappa shape index (κ2) is 3.35. The molecule has 0 amide bonds. The molecule has 0 aliphatic heterocycles. The minimum Gasteiger partial charge on any atom is -0.506 e. The minimum absolute atomic E-state index is 0.0715. The van der Waals surface area contributed by atoms with Crippen LogP contribution < -0.4 is 0 Å². The van der Waals surface area contributed by atoms with Crippen LogP contribution in [0.3, 0.4) is 0 Å². The number of halogens is 4. The highest BCUT2D eigenvalue weighted by Gasteiger charge is 2.16. The molecule has 0 aromatic heterocycles. The van der Waals surface area contributed by atoms with Crippen molar-refractivity contribution in [2.75, 3.05) is 0 Å². The van der Waals surface area contributed by atoms with Crippen LogP contribution in [0.5, 0.6) is 5.75 Å². The van der Waals surface area contributed by atoms with Crippen molar-refractivity contribution in [3.8, 4) is 5.75 Å². The zero-order valence-corrected chi connectivity index (χ0v) is 7.28. The van der Waals surface area contributed by atoms with Gasteiger partial charge in [0.2, 0.25) is 0 Å². The third-order valence-corrected chi connectivity index (χ3v) is 1.90. The lowest BCUT2D eigenvalue weighted by molar-refractivity contribution is 0.147. The summed E-state index contributed by atoms with van der Waals surface area (Å²) in [6, 6.07) is 1.52. The zero-order valence-electron chi connectivity index (χ0n) is 5.69. The molecule has 0 heterocycles. The summed E-state index contributed by atoms with van der Waals surface area (Å²) < 4.78 is 36.5. The zero-order chi connectivity index (χ0) is 9.30. The largest absolute Gasteiger partial charge is 0.506 e. The van der Waals surface area contributed by atoms with Gasteiger partial charge < -0.3 is 5.11 Å². The smallest absolute Gasteiger partial charge is 0.267 e. The first-order valence-electron chi connectivity index (χ1n) is 2.98. The highest BCUT2D eigenvalue weighted by atomic mass is 79.9. The summed E-state index contributed by atoms with van der Waals surface area (Å²) in [5.74, 6) is -1.43. The van der Waals surface area contributed by atoms with Gasteiger partial charge in [0.25, 0.3) is 6.43 Å². The van der Waals surface area contributed by atoms with E-state index in [0.29, 0.717) is 6.07 Å². The number of phenolic OH excluding ortho intramolecular Hbond substituents is 1. The molecular formula is C7H4BrF3O. The van der Waals surface area contributed by atoms with Gasteiger partial charge in [-0.3, -0.25) is 0 Å². The molecular weight excluding hydrogens is 237 g/mol. The van der Waals surface area contributed by atoms with Crippen molar-refractivity contribution in [3.63, 3.8) is 0 Å². The van der Waals surface area contributed by atoms with Gasteiger partial charge in [-0.1, -0.05) is 0 Å². The molecule has 0 unspecified atom stereocenters. The Hall–Kier alpha value is -0.710. The van der Waals surface area contributed by atoms with E-state index in [1.807, 2.05) is 0 Å². The Balaban J connectivity index is 3.28. The molecule has 0 radical (unpaired) electrons. The number of benzene rings is 1. The number of hydrogen-bond donors (Lipinski definition) is 1. The van der Waals surface area contributed by atoms with Crippen molar-refractivity contribution >= 4 is 15.9 Å². The Morgan fingerprint density at radius 1 is 1.33 bits per heavy atom. The lowest BCUT2D eigenvalue weighted by Gasteiger charge is -2.04. The second-order valence-corrected chi connectivity index (χ2v) is 2.98. The Labute approximate surface area is 75.0 Å². The van der Waals surface area contributed by atoms with Crippen molar-refractivity contribution in [1.29, 1.82) is 0 Å². The van der Waals surface area contributed by atoms with Gasteiger partial charge in [-0.2, -0.15) is 0 Å². The van der Waals surface area contributed by atoms with Crippen LogP contribution in [-0.2, 0) is 0 Å². The fourth-order valence-corrected chi connectivity index (χ4v) is 1.20. The molecule has 0 atom stereocenters. The molecule has 0 bridgehead atoms. The van der Waals surface area contributed by atoms with Crippen LogP contribution in [0.1, 0.15) is 12.0 Å². The van der Waals surface area contributed by atoms with E-state index in [2.05, 4.69) is 15.9 Å². The van der Waals surface area contributed by atoms with Gasteiger partial charge in [0.15, 0.2) is 0 Å². The molecule has 1 aromatic carbocycles. The number of aromatic hydroxyl groups is 1. The highest BCUT2D eigenvalue weighted by molar-refractivity contribution is 9.10. The summed E-state index contributed by atoms with van der Waals surface area (Å²) in [5, 5.41) is 9.00. The van der Waals surface area contributed by atoms with Gasteiger partial charge in [-0.05, 0) is 28.1 Å². The average Bonchev–Trinajstić information content (AvgIpc) is 1.96. The van der Waals surface area contributed by atoms with Crippen molar-refractivity contribution in [3.05, 3.63) is 28.0 Å². The van der Waals surface area contributed by atoms with E-state index in [0.717, 1.165) is 6.07 Å². The van der Waals surface area contributed by atoms with Gasteiger partial charge in [-0.15, -0.1) is 0 Å². The first-order chi connectivity index (χ1) is 5.52. The van der Waals surface area contributed by atoms with E-state index < -0.39 is 23.6 Å². The first-order valence-corrected chi connectivity index (χ1v) is 3.77. The monoisotopic (exact) mass is 240 g/mol. The van der Waals surface area contributed by atoms with E-state index in [1.165, 1.54) is 0 Å². The standard InChI is InChI=1S/C7H4BrF3O/c8-5-2-3(9)1-4(6(5)12)7(10)11/h1-2,7,12H. The summed E-state index contributed by atoms with van der Waals surface area (Å²) >= 11 is 2.74. The maximum atomic E-state index is 12.5. The SMILES string of the molecule is Oc1c(Br)cc(F)cc1C(F)F. The first kappa shape index (κ1) is 9.38. The van der Waals surface area contributed by atoms with Crippen LogP contribution in [0.2, 0.25) is 0 Å². The number of phenols is 1. The molecule has 0 saturated heterocycles. The lowest BCUT2D eigenvalue weighted by atomic mass is 10.2. The molecule has 1 nitrogen and oxygen atoms in total. The molecule has 12 heavy (non-hydrogen) atoms. The molecule has 1 N–H and O–H groups in total. The van der Waals surface area contributed by atoms with Crippen molar-refractivity contribution < 1.29 is 18.3 Å². The Morgan fingerprint density at radius 2 is 1.92 bits per heavy atom. The summed E-state index contributed by atoms with van der Waals surface area (Å²) in [7, 11) is 0. The third-order valence-electron chi connectivity index (χ3n) is 1.29. The topological polar surface area (TPSA) is 20.2 Å². The van der Waals surface area contributed by atoms with E-state index in [-0.39, 0.29) is 4.47 Å². The quantitative estimate of drug-likeness (QED) is 0.800. The molecule has 0 fully saturated rings. The molecule has 5 heteroatoms. The fourth-order valence-electron chi connectivity index (χ4n) is 0.752. The summed E-state index contributed by atoms with van der Waals surface area (Å²) in [6.45, 7) is 0. The Bertz CT molecular complexity index is 301. The average molecular weight is 241 g/mol. The van der Waals surface area contributed by atoms with Gasteiger partial charge in [-0.25, -0.2) is 13.2 Å². The van der Waals surface area contributed by atoms with Crippen LogP contribution in [0.25, 0.3) is 0 Å². The number of rotatable bonds is 1. The molecule has 66 valence electrons. The van der Waals surface area contributed by atoms with E-state index in [4.69, 9.17) is 5.11 Å². The lowest BCUT2D eigenvalue weighted by Crippen LogP contribution is -1.88. The molecule has 0 saturated carbocycles. The van der Waals surface area contributed by atoms with Crippen molar-refractivity contribution in [2.45, 2.75) is 6.43 Å². The van der Waals surface area contributed by atoms with Crippen molar-refractivity contribution in [2.24, 2.45) is 0 Å². The van der Waals surface area contributed by atoms with Gasteiger partial charge in [0.1, 0.15) is 11.6 Å². The molecule has 0 aliphatic rings. The van der Waals surface area contributed by atoms with E-state index in [9.17, 15) is 13.2 Å². The molecule has 0 aliphatic carbocycles. The molecule has 1 rings (SSSR count). The van der Waals surface area contributed by atoms with Gasteiger partial charge >= 0.3 is 0 Å². The number of alkyl halides is 2. The van der Waals surface area contributed by atoms with Crippen LogP contribution in [-0.4, -0.2) is 5.11 Å². The van der Waals surface area contributed by atoms with Gasteiger partial charge in [0, 0.05) is 0 Å². The Morgan fingerprint density at radius 3 is 2.42 bits per heavy atom. The summed E-state index contributed by atoms with van der Waals surface area (Å²) in [6.07, 6.45) is -2.88. The van der Waals surface area contributed by atoms with Crippen LogP contribution in [0, 0.1) is 5.82 Å². The second-order valence-electron chi connectivity index (χ2n) is 2.13. The number of hydrogen-bond acceptors (Lipinski definition) is 1. The predicted molar refractivity (Wildman–Crippen MR) is 40.7 cm³/mol. The summed E-state index contributed by atoms with van der Waals surface area (Å²) in [4.78, 5) is 0. The third kappa shape index (κ3) is 1.72. The summed E-state index contributed by atoms with van der Waals surface area (Å²) in [5.41, 5.74) is -0.707. The van der Waals surface area contributed by atoms with Crippen LogP contribution in [0.15, 0.2) is 16.6 Å². The van der Waals surface area contributed by atoms with Gasteiger partial charge in [0.05, 0.1) is 10.0 Å². The Kier molecular flexibility index (Phi) is 2.62. The van der Waals surface area contributed by atoms with Crippen LogP contribution >= 0.6 is 15.9 Å². The highest BCUT2D eigenvalue weighted by Crippen LogP contribution is 2.34. The van der Waals surface area contributed by atoms with Crippen molar-refractivity contribution in [1.82, 2.24) is 0 Å². The van der Waals surface area contributed by atoms with E-state index in [1.54, 1.807) is 0 Å². The predicted octanol–water partition coefficient (Wildman–Crippen LogP) is 3.23. The maximum Gasteiger partial charge on any atom is 0.267 e.